The van der Waals surface area contributed by atoms with Crippen LogP contribution in [0.3, 0.4) is 0 Å². The maximum Gasteiger partial charge on any atom is 0.241 e. The first-order valence-corrected chi connectivity index (χ1v) is 6.12. The third-order valence-corrected chi connectivity index (χ3v) is 3.31. The normalized spacial score (nSPS) is 22.9. The van der Waals surface area contributed by atoms with Crippen molar-refractivity contribution in [2.24, 2.45) is 11.7 Å². The number of carbonyl (C=O) groups is 2. The predicted octanol–water partition coefficient (Wildman–Crippen LogP) is 0.472. The molecule has 6 heteroatoms. The molecule has 1 aliphatic carbocycles. The fourth-order valence-corrected chi connectivity index (χ4v) is 2.19. The van der Waals surface area contributed by atoms with Crippen molar-refractivity contribution in [2.75, 3.05) is 27.7 Å². The second-order valence-corrected chi connectivity index (χ2v) is 5.11. The predicted molar refractivity (Wildman–Crippen MR) is 73.5 cm³/mol. The van der Waals surface area contributed by atoms with Crippen molar-refractivity contribution >= 4 is 24.2 Å². The molecule has 0 aliphatic heterocycles. The zero-order valence-corrected chi connectivity index (χ0v) is 12.2. The highest BCUT2D eigenvalue weighted by Crippen LogP contribution is 2.24. The summed E-state index contributed by atoms with van der Waals surface area (Å²) in [5.41, 5.74) is 5.87. The Bertz CT molecular complexity index is 297. The van der Waals surface area contributed by atoms with Gasteiger partial charge in [-0.05, 0) is 19.3 Å². The van der Waals surface area contributed by atoms with E-state index in [9.17, 15) is 9.59 Å². The van der Waals surface area contributed by atoms with Gasteiger partial charge in [0.2, 0.25) is 11.8 Å². The molecule has 2 unspecified atom stereocenters. The van der Waals surface area contributed by atoms with E-state index in [4.69, 9.17) is 5.73 Å². The molecule has 1 rings (SSSR count). The number of nitrogens with zero attached hydrogens (tertiary/aromatic N) is 2. The summed E-state index contributed by atoms with van der Waals surface area (Å²) in [5, 5.41) is 0. The first-order chi connectivity index (χ1) is 7.91. The summed E-state index contributed by atoms with van der Waals surface area (Å²) in [5.74, 6) is -0.00461. The molecule has 1 aliphatic rings. The van der Waals surface area contributed by atoms with E-state index in [1.54, 1.807) is 21.1 Å². The van der Waals surface area contributed by atoms with Gasteiger partial charge in [-0.15, -0.1) is 12.4 Å². The molecule has 1 fully saturated rings. The Morgan fingerprint density at radius 3 is 2.33 bits per heavy atom. The fourth-order valence-electron chi connectivity index (χ4n) is 2.19. The minimum absolute atomic E-state index is 0. The number of amides is 2. The summed E-state index contributed by atoms with van der Waals surface area (Å²) in [6.45, 7) is 0.150. The van der Waals surface area contributed by atoms with Crippen LogP contribution in [0.4, 0.5) is 0 Å². The van der Waals surface area contributed by atoms with Crippen LogP contribution in [0.15, 0.2) is 0 Å². The van der Waals surface area contributed by atoms with Crippen LogP contribution in [-0.2, 0) is 9.59 Å². The Balaban J connectivity index is 0.00000289. The molecule has 106 valence electrons. The standard InChI is InChI=1S/C12H23N3O2.ClH/c1-14(2)11(16)8-15(3)12(17)9-5-4-6-10(13)7-9;/h9-10H,4-8,13H2,1-3H3;1H. The monoisotopic (exact) mass is 277 g/mol. The smallest absolute Gasteiger partial charge is 0.241 e. The van der Waals surface area contributed by atoms with Gasteiger partial charge in [-0.25, -0.2) is 0 Å². The van der Waals surface area contributed by atoms with Gasteiger partial charge in [0.15, 0.2) is 0 Å². The minimum atomic E-state index is -0.0547. The van der Waals surface area contributed by atoms with Crippen molar-refractivity contribution in [1.82, 2.24) is 9.80 Å². The van der Waals surface area contributed by atoms with Crippen molar-refractivity contribution in [3.63, 3.8) is 0 Å². The molecular weight excluding hydrogens is 254 g/mol. The fraction of sp³-hybridized carbons (Fsp3) is 0.833. The molecule has 0 aromatic rings. The highest BCUT2D eigenvalue weighted by Gasteiger charge is 2.28. The van der Waals surface area contributed by atoms with Crippen molar-refractivity contribution in [2.45, 2.75) is 31.7 Å². The number of hydrogen-bond acceptors (Lipinski definition) is 3. The second kappa shape index (κ2) is 7.59. The number of rotatable bonds is 3. The molecule has 2 N–H and O–H groups in total. The van der Waals surface area contributed by atoms with Crippen LogP contribution >= 0.6 is 12.4 Å². The van der Waals surface area contributed by atoms with Gasteiger partial charge < -0.3 is 15.5 Å². The van der Waals surface area contributed by atoms with Crippen molar-refractivity contribution < 1.29 is 9.59 Å². The van der Waals surface area contributed by atoms with Gasteiger partial charge in [0.25, 0.3) is 0 Å². The quantitative estimate of drug-likeness (QED) is 0.816. The van der Waals surface area contributed by atoms with Crippen molar-refractivity contribution in [3.05, 3.63) is 0 Å². The van der Waals surface area contributed by atoms with E-state index in [1.165, 1.54) is 9.80 Å². The van der Waals surface area contributed by atoms with Crippen LogP contribution < -0.4 is 5.73 Å². The maximum absolute atomic E-state index is 12.1. The van der Waals surface area contributed by atoms with Crippen molar-refractivity contribution in [1.29, 1.82) is 0 Å². The van der Waals surface area contributed by atoms with Crippen LogP contribution in [-0.4, -0.2) is 55.3 Å². The lowest BCUT2D eigenvalue weighted by Gasteiger charge is -2.29. The molecular formula is C12H24ClN3O2. The minimum Gasteiger partial charge on any atom is -0.347 e. The van der Waals surface area contributed by atoms with Gasteiger partial charge in [-0.1, -0.05) is 6.42 Å². The summed E-state index contributed by atoms with van der Waals surface area (Å²) in [4.78, 5) is 26.6. The third kappa shape index (κ3) is 4.82. The number of halogens is 1. The average molecular weight is 278 g/mol. The molecule has 0 bridgehead atoms. The van der Waals surface area contributed by atoms with E-state index in [2.05, 4.69) is 0 Å². The Labute approximate surface area is 115 Å². The van der Waals surface area contributed by atoms with Crippen LogP contribution in [0.2, 0.25) is 0 Å². The lowest BCUT2D eigenvalue weighted by molar-refractivity contribution is -0.141. The van der Waals surface area contributed by atoms with Gasteiger partial charge in [-0.3, -0.25) is 9.59 Å². The van der Waals surface area contributed by atoms with Gasteiger partial charge in [-0.2, -0.15) is 0 Å². The van der Waals surface area contributed by atoms with E-state index in [0.717, 1.165) is 25.7 Å². The molecule has 0 aromatic carbocycles. The number of nitrogens with two attached hydrogens (primary N) is 1. The molecule has 0 saturated heterocycles. The number of likely N-dealkylation sites (N-methyl/N-ethyl adjacent to an activating group) is 2. The lowest BCUT2D eigenvalue weighted by atomic mass is 9.85. The van der Waals surface area contributed by atoms with Crippen LogP contribution in [0.25, 0.3) is 0 Å². The summed E-state index contributed by atoms with van der Waals surface area (Å²) < 4.78 is 0. The second-order valence-electron chi connectivity index (χ2n) is 5.11. The maximum atomic E-state index is 12.1. The van der Waals surface area contributed by atoms with E-state index in [0.29, 0.717) is 0 Å². The molecule has 2 amide bonds. The molecule has 0 aromatic heterocycles. The largest absolute Gasteiger partial charge is 0.347 e. The van der Waals surface area contributed by atoms with E-state index < -0.39 is 0 Å². The summed E-state index contributed by atoms with van der Waals surface area (Å²) in [6, 6.07) is 0.135. The van der Waals surface area contributed by atoms with Gasteiger partial charge >= 0.3 is 0 Å². The number of carbonyl (C=O) groups excluding carboxylic acids is 2. The highest BCUT2D eigenvalue weighted by molar-refractivity contribution is 5.86. The van der Waals surface area contributed by atoms with Gasteiger partial charge in [0.1, 0.15) is 0 Å². The third-order valence-electron chi connectivity index (χ3n) is 3.31. The molecule has 5 nitrogen and oxygen atoms in total. The molecule has 0 radical (unpaired) electrons. The molecule has 0 heterocycles. The Morgan fingerprint density at radius 1 is 1.22 bits per heavy atom. The average Bonchev–Trinajstić information content (AvgIpc) is 2.27. The topological polar surface area (TPSA) is 66.6 Å². The molecule has 18 heavy (non-hydrogen) atoms. The zero-order chi connectivity index (χ0) is 13.0. The molecule has 0 spiro atoms. The first-order valence-electron chi connectivity index (χ1n) is 6.12. The van der Waals surface area contributed by atoms with Crippen LogP contribution in [0, 0.1) is 5.92 Å². The van der Waals surface area contributed by atoms with Crippen LogP contribution in [0.5, 0.6) is 0 Å². The molecule has 2 atom stereocenters. The van der Waals surface area contributed by atoms with Gasteiger partial charge in [0, 0.05) is 33.1 Å². The van der Waals surface area contributed by atoms with Crippen LogP contribution in [0.1, 0.15) is 25.7 Å². The first kappa shape index (κ1) is 17.2. The van der Waals surface area contributed by atoms with Gasteiger partial charge in [0.05, 0.1) is 6.54 Å². The Morgan fingerprint density at radius 2 is 1.83 bits per heavy atom. The van der Waals surface area contributed by atoms with E-state index in [1.807, 2.05) is 0 Å². The summed E-state index contributed by atoms with van der Waals surface area (Å²) in [6.07, 6.45) is 3.66. The SMILES string of the molecule is CN(C)C(=O)CN(C)C(=O)C1CCCC(N)C1.Cl. The Hall–Kier alpha value is -0.810. The summed E-state index contributed by atoms with van der Waals surface area (Å²) in [7, 11) is 5.07. The zero-order valence-electron chi connectivity index (χ0n) is 11.4. The number of hydrogen-bond donors (Lipinski definition) is 1. The van der Waals surface area contributed by atoms with E-state index >= 15 is 0 Å². The Kier molecular flexibility index (Phi) is 7.25. The van der Waals surface area contributed by atoms with Crippen molar-refractivity contribution in [3.8, 4) is 0 Å². The summed E-state index contributed by atoms with van der Waals surface area (Å²) >= 11 is 0. The van der Waals surface area contributed by atoms with E-state index in [-0.39, 0.29) is 42.7 Å². The molecule has 1 saturated carbocycles. The highest BCUT2D eigenvalue weighted by atomic mass is 35.5. The lowest BCUT2D eigenvalue weighted by Crippen LogP contribution is -2.43.